The average molecular weight is 1840 g/mol. The number of carbonyl (C=O) groups is 2. The number of sulfone groups is 3. The summed E-state index contributed by atoms with van der Waals surface area (Å²) in [6, 6.07) is 32.0. The first-order valence-corrected chi connectivity index (χ1v) is 44.2. The monoisotopic (exact) mass is 1840 g/mol. The van der Waals surface area contributed by atoms with Crippen molar-refractivity contribution in [2.45, 2.75) is 86.7 Å². The van der Waals surface area contributed by atoms with E-state index in [2.05, 4.69) is 34.8 Å². The first-order valence-electron chi connectivity index (χ1n) is 34.7. The van der Waals surface area contributed by atoms with E-state index in [9.17, 15) is 34.8 Å². The number of hydrogen-bond acceptors (Lipinski definition) is 20. The Morgan fingerprint density at radius 2 is 0.703 bits per heavy atom. The van der Waals surface area contributed by atoms with E-state index < -0.39 is 43.6 Å². The van der Waals surface area contributed by atoms with E-state index in [1.165, 1.54) is 0 Å². The normalized spacial score (nSPS) is 16.2. The molecule has 0 spiro atoms. The molecule has 0 saturated heterocycles. The molecule has 9 rings (SSSR count). The third-order valence-corrected chi connectivity index (χ3v) is 24.8. The molecule has 0 aliphatic carbocycles. The van der Waals surface area contributed by atoms with E-state index in [4.69, 9.17) is 173 Å². The van der Waals surface area contributed by atoms with Gasteiger partial charge in [-0.2, -0.15) is 0 Å². The lowest BCUT2D eigenvalue weighted by atomic mass is 9.85. The molecule has 3 atom stereocenters. The van der Waals surface area contributed by atoms with Gasteiger partial charge in [0.15, 0.2) is 29.5 Å². The molecule has 3 aliphatic heterocycles. The number of fused-ring (bicyclic) bond motifs is 3. The van der Waals surface area contributed by atoms with Crippen LogP contribution in [0, 0.1) is 0 Å². The van der Waals surface area contributed by atoms with Crippen molar-refractivity contribution < 1.29 is 72.7 Å². The Kier molecular flexibility index (Phi) is 40.7. The second kappa shape index (κ2) is 46.8. The molecule has 0 fully saturated rings. The van der Waals surface area contributed by atoms with E-state index >= 15 is 0 Å². The van der Waals surface area contributed by atoms with E-state index in [1.54, 1.807) is 72.8 Å². The van der Waals surface area contributed by atoms with E-state index in [1.807, 2.05) is 57.5 Å². The predicted octanol–water partition coefficient (Wildman–Crippen LogP) is 16.0. The fraction of sp³-hybridized carbons (Fsp3) is 0.486. The number of nitrogens with two attached hydrogens (primary N) is 1. The van der Waals surface area contributed by atoms with Crippen molar-refractivity contribution >= 4 is 181 Å². The summed E-state index contributed by atoms with van der Waals surface area (Å²) < 4.78 is 115. The summed E-state index contributed by atoms with van der Waals surface area (Å²) in [5.74, 6) is -0.213. The second-order valence-corrected chi connectivity index (χ2v) is 39.1. The van der Waals surface area contributed by atoms with E-state index in [-0.39, 0.29) is 97.9 Å². The molecule has 3 unspecified atom stereocenters. The molecule has 0 bridgehead atoms. The Morgan fingerprint density at radius 1 is 0.423 bits per heavy atom. The number of urea groups is 1. The number of nitrogens with one attached hydrogen (secondary N) is 2. The SMILES string of the molecule is C.CN1Cc2c(Cl)cc(Cl)cc2C(c2cccc(S(=O)(=O)CCCOCCOCCN)c2)C1.CN1Cc2c(Cl)cc(Cl)cc2C(c2cccc(S(=O)(=O)CCCOCCOCCNC(=O)NCCOCCOCCCS(=O)(=O)c3cccc(C4CN(C)Cc5c(Cl)cc(Cl)cc54)c3)c2)C1.O=C(OC(Cl)(Cl)Cl)OC(Cl)(Cl)Cl. The summed E-state index contributed by atoms with van der Waals surface area (Å²) in [6.45, 7) is 9.36. The zero-order valence-electron chi connectivity index (χ0n) is 60.4. The first kappa shape index (κ1) is 96.6. The molecule has 3 heterocycles. The third kappa shape index (κ3) is 32.6. The fourth-order valence-electron chi connectivity index (χ4n) is 12.4. The first-order chi connectivity index (χ1) is 52.0. The summed E-state index contributed by atoms with van der Waals surface area (Å²) in [5, 5.41) is 8.96. The number of ether oxygens (including phenoxy) is 8. The lowest BCUT2D eigenvalue weighted by Gasteiger charge is -2.33. The Morgan fingerprint density at radius 3 is 0.982 bits per heavy atom. The van der Waals surface area contributed by atoms with Crippen molar-refractivity contribution in [2.75, 3.05) is 157 Å². The maximum atomic E-state index is 13.2. The van der Waals surface area contributed by atoms with Gasteiger partial charge in [0.1, 0.15) is 0 Å². The van der Waals surface area contributed by atoms with Crippen LogP contribution >= 0.6 is 139 Å². The van der Waals surface area contributed by atoms with Gasteiger partial charge in [-0.05, 0) is 233 Å². The average Bonchev–Trinajstić information content (AvgIpc) is 0.783. The van der Waals surface area contributed by atoms with E-state index in [0.29, 0.717) is 140 Å². The number of rotatable bonds is 35. The van der Waals surface area contributed by atoms with Crippen molar-refractivity contribution in [3.8, 4) is 0 Å². The van der Waals surface area contributed by atoms with Gasteiger partial charge in [-0.15, -0.1) is 0 Å². The Bertz CT molecular complexity index is 4180. The topological polar surface area (TPSA) is 270 Å². The van der Waals surface area contributed by atoms with Crippen LogP contribution in [-0.4, -0.2) is 217 Å². The van der Waals surface area contributed by atoms with Crippen LogP contribution in [0.3, 0.4) is 0 Å². The summed E-state index contributed by atoms with van der Waals surface area (Å²) in [4.78, 5) is 30.0. The maximum Gasteiger partial charge on any atom is 0.515 e. The molecular formula is C74H92Cl12N6O16S3. The molecule has 2 amide bonds. The Hall–Kier alpha value is -3.21. The number of halogens is 12. The quantitative estimate of drug-likeness (QED) is 0.0189. The summed E-state index contributed by atoms with van der Waals surface area (Å²) in [6.07, 6.45) is -0.325. The van der Waals surface area contributed by atoms with Gasteiger partial charge in [0, 0.05) is 127 Å². The van der Waals surface area contributed by atoms with Crippen LogP contribution in [0.2, 0.25) is 30.1 Å². The highest BCUT2D eigenvalue weighted by molar-refractivity contribution is 7.92. The number of carbonyl (C=O) groups excluding carboxylic acids is 2. The molecule has 0 radical (unpaired) electrons. The minimum absolute atomic E-state index is 0. The van der Waals surface area contributed by atoms with Crippen LogP contribution in [0.4, 0.5) is 9.59 Å². The van der Waals surface area contributed by atoms with Crippen LogP contribution in [0.15, 0.2) is 124 Å². The lowest BCUT2D eigenvalue weighted by molar-refractivity contribution is 0.0486. The van der Waals surface area contributed by atoms with Crippen LogP contribution in [0.1, 0.15) is 94.5 Å². The number of benzene rings is 6. The van der Waals surface area contributed by atoms with Gasteiger partial charge in [-0.3, -0.25) is 0 Å². The fourth-order valence-corrected chi connectivity index (χ4v) is 18.5. The minimum atomic E-state index is -3.54. The number of likely N-dealkylation sites (N-methyl/N-ethyl adjacent to an activating group) is 3. The molecule has 6 aromatic carbocycles. The summed E-state index contributed by atoms with van der Waals surface area (Å²) in [5.41, 5.74) is 14.2. The zero-order valence-corrected chi connectivity index (χ0v) is 71.9. The van der Waals surface area contributed by atoms with Gasteiger partial charge in [0.2, 0.25) is 0 Å². The molecule has 6 aromatic rings. The van der Waals surface area contributed by atoms with Crippen LogP contribution in [0.25, 0.3) is 0 Å². The van der Waals surface area contributed by atoms with Gasteiger partial charge in [0.25, 0.3) is 0 Å². The standard InChI is InChI=1S/C47H58Cl4N4O9S2.C23H30Cl2N2O4S.C3Cl6O3.CH4/c1-54-29-41(39-25-35(48)27-45(50)43(39)31-54)33-7-3-9-37(23-33)65(57,58)21-5-13-61-17-19-63-15-11-52-47(56)53-12-16-64-20-18-62-14-6-22-66(59,60)38-10-4-8-34(24-38)42-30-55(2)32-44-40(42)26-36(49)28-46(44)51;1-27-15-21(20-13-18(24)14-23(25)22(20)16-27)17-4-2-5-19(12-17)32(28,29)11-3-7-30-9-10-31-8-6-26;4-2(5,6)11-1(10)12-3(7,8)9;/h3-4,7-10,23-28,41-42H,5-6,11-22,29-32H2,1-2H3,(H2,52,53,56);2,4-5,12-14,21H,3,6-11,15-16,26H2,1H3;;1H4. The van der Waals surface area contributed by atoms with Crippen LogP contribution in [-0.2, 0) is 87.0 Å². The molecule has 0 aromatic heterocycles. The number of nitrogens with zero attached hydrogens (tertiary/aromatic N) is 3. The molecular weight excluding hydrogens is 1750 g/mol. The molecule has 616 valence electrons. The maximum absolute atomic E-state index is 13.2. The van der Waals surface area contributed by atoms with Crippen molar-refractivity contribution in [3.05, 3.63) is 189 Å². The smallest absolute Gasteiger partial charge is 0.382 e. The molecule has 111 heavy (non-hydrogen) atoms. The van der Waals surface area contributed by atoms with Crippen molar-refractivity contribution in [1.29, 1.82) is 0 Å². The predicted molar refractivity (Wildman–Crippen MR) is 443 cm³/mol. The molecule has 0 saturated carbocycles. The molecule has 3 aliphatic rings. The molecule has 4 N–H and O–H groups in total. The summed E-state index contributed by atoms with van der Waals surface area (Å²) >= 11 is 68.7. The zero-order chi connectivity index (χ0) is 80.4. The third-order valence-electron chi connectivity index (χ3n) is 17.3. The lowest BCUT2D eigenvalue weighted by Crippen LogP contribution is -2.39. The highest BCUT2D eigenvalue weighted by atomic mass is 35.6. The number of amides is 2. The second-order valence-electron chi connectivity index (χ2n) is 25.8. The molecule has 22 nitrogen and oxygen atoms in total. The van der Waals surface area contributed by atoms with Gasteiger partial charge in [-0.25, -0.2) is 34.8 Å². The van der Waals surface area contributed by atoms with Crippen LogP contribution < -0.4 is 16.4 Å². The summed E-state index contributed by atoms with van der Waals surface area (Å²) in [7, 11) is -4.44. The Labute approximate surface area is 711 Å². The van der Waals surface area contributed by atoms with Gasteiger partial charge < -0.3 is 69.0 Å². The van der Waals surface area contributed by atoms with Crippen molar-refractivity contribution in [3.63, 3.8) is 0 Å². The van der Waals surface area contributed by atoms with Crippen molar-refractivity contribution in [2.24, 2.45) is 5.73 Å². The van der Waals surface area contributed by atoms with Gasteiger partial charge in [0.05, 0.1) is 91.4 Å². The number of alkyl halides is 6. The van der Waals surface area contributed by atoms with Gasteiger partial charge in [-0.1, -0.05) is 113 Å². The highest BCUT2D eigenvalue weighted by Gasteiger charge is 2.34. The largest absolute Gasteiger partial charge is 0.515 e. The van der Waals surface area contributed by atoms with E-state index in [0.717, 1.165) is 63.2 Å². The van der Waals surface area contributed by atoms with Crippen molar-refractivity contribution in [1.82, 2.24) is 25.3 Å². The number of hydrogen-bond donors (Lipinski definition) is 3. The highest BCUT2D eigenvalue weighted by Crippen LogP contribution is 2.43. The van der Waals surface area contributed by atoms with Gasteiger partial charge >= 0.3 is 20.1 Å². The minimum Gasteiger partial charge on any atom is -0.382 e. The van der Waals surface area contributed by atoms with Crippen LogP contribution in [0.5, 0.6) is 0 Å². The Balaban J connectivity index is 0.000000351. The molecule has 37 heteroatoms.